The Morgan fingerprint density at radius 3 is 2.86 bits per heavy atom. The maximum Gasteiger partial charge on any atom is 0.135 e. The van der Waals surface area contributed by atoms with Crippen molar-refractivity contribution in [3.05, 3.63) is 33.9 Å². The number of rotatable bonds is 1. The summed E-state index contributed by atoms with van der Waals surface area (Å²) < 4.78 is 6.08. The predicted octanol–water partition coefficient (Wildman–Crippen LogP) is 3.66. The van der Waals surface area contributed by atoms with E-state index >= 15 is 0 Å². The van der Waals surface area contributed by atoms with Crippen molar-refractivity contribution in [1.29, 1.82) is 0 Å². The second kappa shape index (κ2) is 3.75. The van der Waals surface area contributed by atoms with E-state index in [1.807, 2.05) is 18.2 Å². The highest BCUT2D eigenvalue weighted by molar-refractivity contribution is 9.10. The van der Waals surface area contributed by atoms with Crippen LogP contribution in [0, 0.1) is 0 Å². The van der Waals surface area contributed by atoms with Crippen molar-refractivity contribution < 1.29 is 4.74 Å². The van der Waals surface area contributed by atoms with E-state index in [1.54, 1.807) is 13.2 Å². The van der Waals surface area contributed by atoms with Gasteiger partial charge in [0, 0.05) is 11.5 Å². The predicted molar refractivity (Wildman–Crippen MR) is 61.0 cm³/mol. The molecule has 1 aromatic heterocycles. The molecule has 0 N–H and O–H groups in total. The van der Waals surface area contributed by atoms with Crippen molar-refractivity contribution >= 4 is 38.4 Å². The van der Waals surface area contributed by atoms with Crippen LogP contribution in [0.5, 0.6) is 5.75 Å². The zero-order valence-electron chi connectivity index (χ0n) is 7.42. The molecule has 0 fully saturated rings. The van der Waals surface area contributed by atoms with Gasteiger partial charge in [-0.1, -0.05) is 11.6 Å². The molecule has 0 spiro atoms. The van der Waals surface area contributed by atoms with Gasteiger partial charge in [-0.15, -0.1) is 0 Å². The molecule has 0 atom stereocenters. The van der Waals surface area contributed by atoms with E-state index in [0.29, 0.717) is 5.15 Å². The molecule has 0 unspecified atom stereocenters. The van der Waals surface area contributed by atoms with Gasteiger partial charge in [0.05, 0.1) is 17.1 Å². The lowest BCUT2D eigenvalue weighted by molar-refractivity contribution is 0.412. The minimum atomic E-state index is 0.488. The maximum absolute atomic E-state index is 5.79. The van der Waals surface area contributed by atoms with Gasteiger partial charge >= 0.3 is 0 Å². The van der Waals surface area contributed by atoms with Gasteiger partial charge in [0.15, 0.2) is 0 Å². The fraction of sp³-hybridized carbons (Fsp3) is 0.100. The normalized spacial score (nSPS) is 10.5. The third kappa shape index (κ3) is 1.70. The van der Waals surface area contributed by atoms with Crippen LogP contribution in [0.25, 0.3) is 10.9 Å². The van der Waals surface area contributed by atoms with Gasteiger partial charge in [0.1, 0.15) is 10.9 Å². The van der Waals surface area contributed by atoms with Crippen molar-refractivity contribution in [2.75, 3.05) is 7.11 Å². The van der Waals surface area contributed by atoms with Gasteiger partial charge in [-0.3, -0.25) is 0 Å². The summed E-state index contributed by atoms with van der Waals surface area (Å²) in [6.45, 7) is 0. The number of hydrogen-bond acceptors (Lipinski definition) is 2. The van der Waals surface area contributed by atoms with Gasteiger partial charge in [0.2, 0.25) is 0 Å². The van der Waals surface area contributed by atoms with Gasteiger partial charge < -0.3 is 4.74 Å². The van der Waals surface area contributed by atoms with E-state index in [4.69, 9.17) is 16.3 Å². The molecule has 2 aromatic rings. The molecule has 0 amide bonds. The third-order valence-corrected chi connectivity index (χ3v) is 2.76. The first-order valence-electron chi connectivity index (χ1n) is 4.00. The molecule has 2 nitrogen and oxygen atoms in total. The van der Waals surface area contributed by atoms with Crippen LogP contribution in [-0.2, 0) is 0 Å². The number of pyridine rings is 1. The Hall–Kier alpha value is -0.800. The molecule has 0 saturated heterocycles. The van der Waals surface area contributed by atoms with E-state index in [2.05, 4.69) is 20.9 Å². The van der Waals surface area contributed by atoms with Crippen molar-refractivity contribution in [2.24, 2.45) is 0 Å². The molecule has 2 rings (SSSR count). The average Bonchev–Trinajstić information content (AvgIpc) is 2.17. The molecule has 0 bridgehead atoms. The summed E-state index contributed by atoms with van der Waals surface area (Å²) in [5, 5.41) is 1.52. The Bertz CT molecular complexity index is 487. The van der Waals surface area contributed by atoms with Crippen LogP contribution < -0.4 is 4.74 Å². The Labute approximate surface area is 95.0 Å². The topological polar surface area (TPSA) is 22.1 Å². The molecular formula is C10H7BrClNO. The number of benzene rings is 1. The van der Waals surface area contributed by atoms with Crippen molar-refractivity contribution in [1.82, 2.24) is 4.98 Å². The molecule has 0 saturated carbocycles. The fourth-order valence-electron chi connectivity index (χ4n) is 1.26. The number of fused-ring (bicyclic) bond motifs is 1. The minimum Gasteiger partial charge on any atom is -0.495 e. The van der Waals surface area contributed by atoms with Crippen molar-refractivity contribution in [3.8, 4) is 5.75 Å². The largest absolute Gasteiger partial charge is 0.495 e. The number of methoxy groups -OCH3 is 1. The summed E-state index contributed by atoms with van der Waals surface area (Å²) >= 11 is 9.20. The molecule has 1 heterocycles. The number of nitrogens with zero attached hydrogens (tertiary/aromatic N) is 1. The van der Waals surface area contributed by atoms with Crippen LogP contribution in [-0.4, -0.2) is 12.1 Å². The Morgan fingerprint density at radius 1 is 1.36 bits per heavy atom. The SMILES string of the molecule is COc1cc2nc(Cl)ccc2cc1Br. The van der Waals surface area contributed by atoms with E-state index in [-0.39, 0.29) is 0 Å². The molecular weight excluding hydrogens is 265 g/mol. The molecule has 14 heavy (non-hydrogen) atoms. The smallest absolute Gasteiger partial charge is 0.135 e. The first-order valence-corrected chi connectivity index (χ1v) is 5.17. The number of ether oxygens (including phenoxy) is 1. The molecule has 0 aliphatic rings. The van der Waals surface area contributed by atoms with E-state index in [1.165, 1.54) is 0 Å². The first kappa shape index (κ1) is 9.74. The molecule has 1 aromatic carbocycles. The van der Waals surface area contributed by atoms with E-state index in [0.717, 1.165) is 21.1 Å². The molecule has 4 heteroatoms. The van der Waals surface area contributed by atoms with Crippen molar-refractivity contribution in [3.63, 3.8) is 0 Å². The first-order chi connectivity index (χ1) is 6.70. The lowest BCUT2D eigenvalue weighted by Gasteiger charge is -2.04. The van der Waals surface area contributed by atoms with Gasteiger partial charge in [-0.25, -0.2) is 4.98 Å². The van der Waals surface area contributed by atoms with Crippen LogP contribution in [0.15, 0.2) is 28.7 Å². The highest BCUT2D eigenvalue weighted by atomic mass is 79.9. The highest BCUT2D eigenvalue weighted by Gasteiger charge is 2.03. The second-order valence-corrected chi connectivity index (χ2v) is 4.06. The maximum atomic E-state index is 5.79. The summed E-state index contributed by atoms with van der Waals surface area (Å²) in [6.07, 6.45) is 0. The van der Waals surface area contributed by atoms with E-state index in [9.17, 15) is 0 Å². The van der Waals surface area contributed by atoms with Gasteiger partial charge in [0.25, 0.3) is 0 Å². The van der Waals surface area contributed by atoms with E-state index < -0.39 is 0 Å². The summed E-state index contributed by atoms with van der Waals surface area (Å²) in [7, 11) is 1.62. The van der Waals surface area contributed by atoms with Crippen LogP contribution in [0.3, 0.4) is 0 Å². The Kier molecular flexibility index (Phi) is 2.61. The summed E-state index contributed by atoms with van der Waals surface area (Å²) in [6, 6.07) is 7.50. The summed E-state index contributed by atoms with van der Waals surface area (Å²) in [5.74, 6) is 0.757. The molecule has 0 aliphatic carbocycles. The third-order valence-electron chi connectivity index (χ3n) is 1.93. The standard InChI is InChI=1S/C10H7BrClNO/c1-14-9-5-8-6(4-7(9)11)2-3-10(12)13-8/h2-5H,1H3. The average molecular weight is 273 g/mol. The van der Waals surface area contributed by atoms with Gasteiger partial charge in [-0.2, -0.15) is 0 Å². The minimum absolute atomic E-state index is 0.488. The second-order valence-electron chi connectivity index (χ2n) is 2.81. The highest BCUT2D eigenvalue weighted by Crippen LogP contribution is 2.29. The monoisotopic (exact) mass is 271 g/mol. The summed E-state index contributed by atoms with van der Waals surface area (Å²) in [4.78, 5) is 4.19. The molecule has 72 valence electrons. The van der Waals surface area contributed by atoms with Crippen LogP contribution in [0.1, 0.15) is 0 Å². The van der Waals surface area contributed by atoms with Crippen LogP contribution in [0.2, 0.25) is 5.15 Å². The van der Waals surface area contributed by atoms with Crippen LogP contribution >= 0.6 is 27.5 Å². The lowest BCUT2D eigenvalue weighted by Crippen LogP contribution is -1.86. The Balaban J connectivity index is 2.73. The van der Waals surface area contributed by atoms with Crippen LogP contribution in [0.4, 0.5) is 0 Å². The lowest BCUT2D eigenvalue weighted by atomic mass is 10.2. The number of aromatic nitrogens is 1. The number of hydrogen-bond donors (Lipinski definition) is 0. The quantitative estimate of drug-likeness (QED) is 0.739. The zero-order valence-corrected chi connectivity index (χ0v) is 9.76. The number of halogens is 2. The molecule has 0 aliphatic heterocycles. The fourth-order valence-corrected chi connectivity index (χ4v) is 1.93. The molecule has 0 radical (unpaired) electrons. The van der Waals surface area contributed by atoms with Gasteiger partial charge in [-0.05, 0) is 34.1 Å². The Morgan fingerprint density at radius 2 is 2.14 bits per heavy atom. The zero-order chi connectivity index (χ0) is 10.1. The summed E-state index contributed by atoms with van der Waals surface area (Å²) in [5.41, 5.74) is 0.831. The van der Waals surface area contributed by atoms with Crippen molar-refractivity contribution in [2.45, 2.75) is 0 Å².